The van der Waals surface area contributed by atoms with Gasteiger partial charge in [-0.1, -0.05) is 0 Å². The van der Waals surface area contributed by atoms with Crippen LogP contribution >= 0.6 is 8.25 Å². The molecule has 0 saturated heterocycles. The molecule has 0 aromatic rings. The van der Waals surface area contributed by atoms with Crippen molar-refractivity contribution in [2.24, 2.45) is 0 Å². The fourth-order valence-electron chi connectivity index (χ4n) is 0.451. The number of ether oxygens (including phenoxy) is 2. The summed E-state index contributed by atoms with van der Waals surface area (Å²) in [4.78, 5) is 14.2. The van der Waals surface area contributed by atoms with Crippen LogP contribution in [0.2, 0.25) is 0 Å². The summed E-state index contributed by atoms with van der Waals surface area (Å²) in [6.07, 6.45) is 0. The van der Waals surface area contributed by atoms with Gasteiger partial charge < -0.3 is 19.7 Å². The van der Waals surface area contributed by atoms with Crippen LogP contribution in [-0.4, -0.2) is 59.6 Å². The van der Waals surface area contributed by atoms with Gasteiger partial charge in [-0.25, -0.2) is 0 Å². The lowest BCUT2D eigenvalue weighted by molar-refractivity contribution is 0.0222. The van der Waals surface area contributed by atoms with Crippen LogP contribution in [0.5, 0.6) is 0 Å². The molecular formula is C6H16O7P+. The molecule has 86 valence electrons. The number of aliphatic hydroxyl groups is 2. The highest BCUT2D eigenvalue weighted by Gasteiger charge is 1.93. The lowest BCUT2D eigenvalue weighted by atomic mass is 10.7. The summed E-state index contributed by atoms with van der Waals surface area (Å²) in [5, 5.41) is 16.5. The molecule has 0 bridgehead atoms. The van der Waals surface area contributed by atoms with Crippen LogP contribution in [-0.2, 0) is 14.0 Å². The Morgan fingerprint density at radius 2 is 1.14 bits per heavy atom. The highest BCUT2D eigenvalue weighted by atomic mass is 31.1. The smallest absolute Gasteiger partial charge is 0.394 e. The minimum absolute atomic E-state index is 0.0417. The second-order valence-electron chi connectivity index (χ2n) is 1.92. The van der Waals surface area contributed by atoms with Crippen LogP contribution in [0.4, 0.5) is 0 Å². The van der Waals surface area contributed by atoms with Crippen molar-refractivity contribution < 1.29 is 34.0 Å². The predicted octanol–water partition coefficient (Wildman–Crippen LogP) is -1.37. The fourth-order valence-corrected chi connectivity index (χ4v) is 0.451. The van der Waals surface area contributed by atoms with E-state index in [0.717, 1.165) is 0 Å². The Hall–Kier alpha value is -0.140. The number of rotatable bonds is 7. The van der Waals surface area contributed by atoms with Crippen molar-refractivity contribution in [2.45, 2.75) is 0 Å². The normalized spacial score (nSPS) is 9.14. The Balaban J connectivity index is 0. The molecule has 4 N–H and O–H groups in total. The minimum Gasteiger partial charge on any atom is -0.394 e. The van der Waals surface area contributed by atoms with Crippen LogP contribution in [0, 0.1) is 0 Å². The van der Waals surface area contributed by atoms with Crippen LogP contribution in [0.15, 0.2) is 0 Å². The maximum absolute atomic E-state index is 8.70. The average molecular weight is 231 g/mol. The van der Waals surface area contributed by atoms with Crippen molar-refractivity contribution in [1.29, 1.82) is 0 Å². The molecule has 0 spiro atoms. The van der Waals surface area contributed by atoms with E-state index in [-0.39, 0.29) is 13.2 Å². The molecule has 0 rings (SSSR count). The van der Waals surface area contributed by atoms with E-state index < -0.39 is 8.25 Å². The summed E-state index contributed by atoms with van der Waals surface area (Å²) < 4.78 is 18.4. The molecule has 0 aromatic carbocycles. The van der Waals surface area contributed by atoms with Gasteiger partial charge in [0.1, 0.15) is 0 Å². The van der Waals surface area contributed by atoms with Gasteiger partial charge in [-0.05, 0) is 0 Å². The van der Waals surface area contributed by atoms with Crippen molar-refractivity contribution >= 4 is 8.25 Å². The fraction of sp³-hybridized carbons (Fsp3) is 1.00. The van der Waals surface area contributed by atoms with Crippen LogP contribution in [0.1, 0.15) is 0 Å². The van der Waals surface area contributed by atoms with E-state index in [0.29, 0.717) is 26.4 Å². The second kappa shape index (κ2) is 15.3. The van der Waals surface area contributed by atoms with Gasteiger partial charge in [0.2, 0.25) is 0 Å². The topological polar surface area (TPSA) is 116 Å². The first-order valence-electron chi connectivity index (χ1n) is 3.87. The van der Waals surface area contributed by atoms with Crippen molar-refractivity contribution in [3.63, 3.8) is 0 Å². The molecule has 0 saturated carbocycles. The molecule has 0 fully saturated rings. The Labute approximate surface area is 82.9 Å². The predicted molar refractivity (Wildman–Crippen MR) is 47.9 cm³/mol. The van der Waals surface area contributed by atoms with E-state index in [1.165, 1.54) is 0 Å². The molecule has 0 atom stereocenters. The van der Waals surface area contributed by atoms with Crippen LogP contribution in [0.3, 0.4) is 0 Å². The molecule has 0 aliphatic rings. The van der Waals surface area contributed by atoms with E-state index in [1.807, 2.05) is 0 Å². The van der Waals surface area contributed by atoms with Gasteiger partial charge in [0.05, 0.1) is 39.6 Å². The highest BCUT2D eigenvalue weighted by Crippen LogP contribution is 1.98. The third kappa shape index (κ3) is 29.7. The monoisotopic (exact) mass is 231 g/mol. The molecule has 8 heteroatoms. The molecular weight excluding hydrogens is 215 g/mol. The number of aliphatic hydroxyl groups excluding tert-OH is 2. The van der Waals surface area contributed by atoms with E-state index in [4.69, 9.17) is 34.0 Å². The number of hydrogen-bond acceptors (Lipinski definition) is 5. The summed E-state index contributed by atoms with van der Waals surface area (Å²) in [7, 11) is -2.87. The van der Waals surface area contributed by atoms with E-state index in [9.17, 15) is 0 Å². The molecule has 0 amide bonds. The molecule has 0 unspecified atom stereocenters. The van der Waals surface area contributed by atoms with Crippen LogP contribution < -0.4 is 0 Å². The Kier molecular flexibility index (Phi) is 17.9. The molecule has 0 aromatic heterocycles. The van der Waals surface area contributed by atoms with Crippen molar-refractivity contribution in [1.82, 2.24) is 0 Å². The van der Waals surface area contributed by atoms with Crippen molar-refractivity contribution in [2.75, 3.05) is 39.6 Å². The SMILES string of the molecule is O=[P+](O)O.OCCOCCOCCO. The Morgan fingerprint density at radius 3 is 1.36 bits per heavy atom. The van der Waals surface area contributed by atoms with Gasteiger partial charge in [0.25, 0.3) is 0 Å². The van der Waals surface area contributed by atoms with Crippen molar-refractivity contribution in [3.05, 3.63) is 0 Å². The van der Waals surface area contributed by atoms with E-state index >= 15 is 0 Å². The zero-order valence-electron chi connectivity index (χ0n) is 7.70. The third-order valence-corrected chi connectivity index (χ3v) is 0.843. The Morgan fingerprint density at radius 1 is 0.857 bits per heavy atom. The molecule has 14 heavy (non-hydrogen) atoms. The van der Waals surface area contributed by atoms with Gasteiger partial charge in [0, 0.05) is 4.57 Å². The van der Waals surface area contributed by atoms with Gasteiger partial charge in [-0.15, -0.1) is 9.79 Å². The van der Waals surface area contributed by atoms with Gasteiger partial charge in [-0.3, -0.25) is 0 Å². The zero-order chi connectivity index (χ0) is 11.2. The first-order chi connectivity index (χ1) is 6.65. The van der Waals surface area contributed by atoms with Crippen molar-refractivity contribution in [3.8, 4) is 0 Å². The second-order valence-corrected chi connectivity index (χ2v) is 2.43. The lowest BCUT2D eigenvalue weighted by Gasteiger charge is -2.01. The summed E-state index contributed by atoms with van der Waals surface area (Å²) >= 11 is 0. The zero-order valence-corrected chi connectivity index (χ0v) is 8.60. The summed E-state index contributed by atoms with van der Waals surface area (Å²) in [6.45, 7) is 1.73. The molecule has 0 aliphatic heterocycles. The maximum Gasteiger partial charge on any atom is 0.692 e. The molecule has 0 heterocycles. The summed E-state index contributed by atoms with van der Waals surface area (Å²) in [5.74, 6) is 0. The molecule has 0 aliphatic carbocycles. The maximum atomic E-state index is 8.70. The highest BCUT2D eigenvalue weighted by molar-refractivity contribution is 7.30. The van der Waals surface area contributed by atoms with Gasteiger partial charge >= 0.3 is 8.25 Å². The lowest BCUT2D eigenvalue weighted by Crippen LogP contribution is -2.09. The number of hydrogen-bond donors (Lipinski definition) is 4. The largest absolute Gasteiger partial charge is 0.692 e. The minimum atomic E-state index is -2.87. The molecule has 0 radical (unpaired) electrons. The molecule has 7 nitrogen and oxygen atoms in total. The van der Waals surface area contributed by atoms with Gasteiger partial charge in [0.15, 0.2) is 0 Å². The van der Waals surface area contributed by atoms with E-state index in [1.54, 1.807) is 0 Å². The first kappa shape index (κ1) is 16.3. The first-order valence-corrected chi connectivity index (χ1v) is 5.03. The summed E-state index contributed by atoms with van der Waals surface area (Å²) in [6, 6.07) is 0. The van der Waals surface area contributed by atoms with Gasteiger partial charge in [-0.2, -0.15) is 0 Å². The summed E-state index contributed by atoms with van der Waals surface area (Å²) in [5.41, 5.74) is 0. The van der Waals surface area contributed by atoms with Crippen LogP contribution in [0.25, 0.3) is 0 Å². The quantitative estimate of drug-likeness (QED) is 0.315. The Bertz CT molecular complexity index is 109. The van der Waals surface area contributed by atoms with E-state index in [2.05, 4.69) is 0 Å². The average Bonchev–Trinajstić information content (AvgIpc) is 2.10. The standard InChI is InChI=1S/C6H14O4.HO3P/c7-1-3-9-5-6-10-4-2-8;1-4(2)3/h7-8H,1-6H2;(H-,1,2,3)/p+1. The third-order valence-electron chi connectivity index (χ3n) is 0.843.